The van der Waals surface area contributed by atoms with E-state index < -0.39 is 28.7 Å². The van der Waals surface area contributed by atoms with Crippen LogP contribution < -0.4 is 10.7 Å². The normalized spacial score (nSPS) is 15.7. The van der Waals surface area contributed by atoms with Gasteiger partial charge in [-0.25, -0.2) is 18.7 Å². The number of nitrogens with zero attached hydrogens (tertiary/aromatic N) is 5. The lowest BCUT2D eigenvalue weighted by molar-refractivity contribution is -0.122. The highest BCUT2D eigenvalue weighted by Gasteiger charge is 2.34. The number of hydrogen-bond acceptors (Lipinski definition) is 7. The van der Waals surface area contributed by atoms with E-state index in [0.717, 1.165) is 19.0 Å². The Morgan fingerprint density at radius 1 is 1.19 bits per heavy atom. The number of amides is 2. The second-order valence-corrected chi connectivity index (χ2v) is 11.5. The quantitative estimate of drug-likeness (QED) is 0.271. The van der Waals surface area contributed by atoms with Gasteiger partial charge in [0.15, 0.2) is 23.1 Å². The predicted octanol–water partition coefficient (Wildman–Crippen LogP) is 3.30. The van der Waals surface area contributed by atoms with Gasteiger partial charge in [-0.2, -0.15) is 5.10 Å². The Bertz CT molecular complexity index is 1800. The lowest BCUT2D eigenvalue weighted by Crippen LogP contribution is -2.46. The number of halogens is 2. The summed E-state index contributed by atoms with van der Waals surface area (Å²) in [5.74, 6) is -2.18. The number of H-pyrrole nitrogens is 1. The maximum Gasteiger partial charge on any atom is 0.274 e. The molecule has 4 heterocycles. The maximum atomic E-state index is 14.9. The predicted molar refractivity (Wildman–Crippen MR) is 152 cm³/mol. The minimum absolute atomic E-state index is 0.0114. The Labute approximate surface area is 245 Å². The molecule has 1 fully saturated rings. The van der Waals surface area contributed by atoms with Crippen molar-refractivity contribution in [3.05, 3.63) is 69.4 Å². The molecule has 2 aliphatic rings. The average Bonchev–Trinajstić information content (AvgIpc) is 3.74. The van der Waals surface area contributed by atoms with Crippen molar-refractivity contribution < 1.29 is 23.5 Å². The van der Waals surface area contributed by atoms with Gasteiger partial charge < -0.3 is 19.9 Å². The third-order valence-corrected chi connectivity index (χ3v) is 8.24. The first-order chi connectivity index (χ1) is 20.6. The first kappa shape index (κ1) is 28.4. The monoisotopic (exact) mass is 591 g/mol. The van der Waals surface area contributed by atoms with Crippen LogP contribution in [0.15, 0.2) is 35.3 Å². The molecule has 0 saturated heterocycles. The van der Waals surface area contributed by atoms with E-state index in [1.807, 2.05) is 13.8 Å². The molecule has 224 valence electrons. The van der Waals surface area contributed by atoms with E-state index in [2.05, 4.69) is 25.5 Å². The number of aromatic hydroxyl groups is 1. The van der Waals surface area contributed by atoms with Crippen molar-refractivity contribution in [2.75, 3.05) is 6.54 Å². The van der Waals surface area contributed by atoms with Crippen molar-refractivity contribution in [1.82, 2.24) is 34.9 Å². The summed E-state index contributed by atoms with van der Waals surface area (Å²) in [5.41, 5.74) is 0.702. The summed E-state index contributed by atoms with van der Waals surface area (Å²) in [4.78, 5) is 48.6. The van der Waals surface area contributed by atoms with Gasteiger partial charge in [0, 0.05) is 42.7 Å². The van der Waals surface area contributed by atoms with Crippen LogP contribution in [0.5, 0.6) is 5.75 Å². The molecular weight excluding hydrogens is 560 g/mol. The molecule has 1 aromatic carbocycles. The molecule has 11 nitrogen and oxygen atoms in total. The number of nitrogens with one attached hydrogen (secondary N) is 2. The average molecular weight is 592 g/mol. The number of benzene rings is 1. The lowest BCUT2D eigenvalue weighted by atomic mass is 9.93. The van der Waals surface area contributed by atoms with Gasteiger partial charge in [0.05, 0.1) is 24.0 Å². The second-order valence-electron chi connectivity index (χ2n) is 11.5. The first-order valence-electron chi connectivity index (χ1n) is 14.3. The Morgan fingerprint density at radius 3 is 2.72 bits per heavy atom. The molecule has 1 aliphatic heterocycles. The smallest absolute Gasteiger partial charge is 0.274 e. The van der Waals surface area contributed by atoms with Crippen LogP contribution in [-0.2, 0) is 24.3 Å². The molecular formula is C30H31F2N7O4. The largest absolute Gasteiger partial charge is 0.503 e. The fraction of sp³-hybridized carbons (Fsp3) is 0.400. The number of fused-ring (bicyclic) bond motifs is 2. The molecule has 3 N–H and O–H groups in total. The summed E-state index contributed by atoms with van der Waals surface area (Å²) >= 11 is 0. The van der Waals surface area contributed by atoms with Gasteiger partial charge in [-0.3, -0.25) is 19.5 Å². The molecule has 1 saturated carbocycles. The van der Waals surface area contributed by atoms with Crippen LogP contribution in [0.4, 0.5) is 8.78 Å². The summed E-state index contributed by atoms with van der Waals surface area (Å²) in [5, 5.41) is 20.7. The van der Waals surface area contributed by atoms with Gasteiger partial charge in [-0.1, -0.05) is 0 Å². The SMILES string of the molecule is CC(C)N1CCn2c(CNC(=O)CC(Cc3nc(-c4n[nH]c5ccc(F)cc45)ncc3F)C3CC3)cc(=O)c(O)c2C1=O. The van der Waals surface area contributed by atoms with Crippen molar-refractivity contribution >= 4 is 22.7 Å². The van der Waals surface area contributed by atoms with Gasteiger partial charge in [0.25, 0.3) is 5.91 Å². The summed E-state index contributed by atoms with van der Waals surface area (Å²) in [6, 6.07) is 5.30. The summed E-state index contributed by atoms with van der Waals surface area (Å²) < 4.78 is 30.3. The fourth-order valence-electron chi connectivity index (χ4n) is 5.78. The second kappa shape index (κ2) is 11.2. The lowest BCUT2D eigenvalue weighted by Gasteiger charge is -2.34. The summed E-state index contributed by atoms with van der Waals surface area (Å²) in [6.07, 6.45) is 3.19. The highest BCUT2D eigenvalue weighted by Crippen LogP contribution is 2.40. The molecule has 0 radical (unpaired) electrons. The molecule has 1 aliphatic carbocycles. The minimum atomic E-state index is -0.687. The van der Waals surface area contributed by atoms with Crippen LogP contribution >= 0.6 is 0 Å². The standard InChI is InChI=1S/C30H31F2N7O4/c1-15(2)38-7-8-39-19(12-24(40)28(42)27(39)30(38)43)13-33-25(41)10-17(16-3-4-16)9-23-21(32)14-34-29(35-23)26-20-11-18(31)5-6-22(20)36-37-26/h5-6,11-12,14-17,42H,3-4,7-10,13H2,1-2H3,(H,33,41)(H,36,37). The van der Waals surface area contributed by atoms with Gasteiger partial charge in [0.2, 0.25) is 11.3 Å². The van der Waals surface area contributed by atoms with Crippen molar-refractivity contribution in [2.24, 2.45) is 11.8 Å². The molecule has 0 bridgehead atoms. The Kier molecular flexibility index (Phi) is 7.40. The highest BCUT2D eigenvalue weighted by atomic mass is 19.1. The summed E-state index contributed by atoms with van der Waals surface area (Å²) in [7, 11) is 0. The molecule has 6 rings (SSSR count). The maximum absolute atomic E-state index is 14.9. The minimum Gasteiger partial charge on any atom is -0.503 e. The van der Waals surface area contributed by atoms with Crippen LogP contribution in [0.3, 0.4) is 0 Å². The molecule has 1 unspecified atom stereocenters. The zero-order valence-corrected chi connectivity index (χ0v) is 23.7. The number of pyridine rings is 1. The molecule has 13 heteroatoms. The number of aromatic nitrogens is 5. The van der Waals surface area contributed by atoms with Gasteiger partial charge >= 0.3 is 0 Å². The molecule has 3 aromatic heterocycles. The molecule has 1 atom stereocenters. The van der Waals surface area contributed by atoms with E-state index in [1.54, 1.807) is 15.5 Å². The van der Waals surface area contributed by atoms with Crippen LogP contribution in [0.25, 0.3) is 22.4 Å². The van der Waals surface area contributed by atoms with E-state index in [0.29, 0.717) is 35.4 Å². The van der Waals surface area contributed by atoms with E-state index in [1.165, 1.54) is 18.2 Å². The topological polar surface area (TPSA) is 146 Å². The van der Waals surface area contributed by atoms with E-state index in [9.17, 15) is 28.3 Å². The molecule has 0 spiro atoms. The highest BCUT2D eigenvalue weighted by molar-refractivity contribution is 5.96. The third kappa shape index (κ3) is 5.58. The van der Waals surface area contributed by atoms with Crippen LogP contribution in [-0.4, -0.2) is 59.1 Å². The van der Waals surface area contributed by atoms with Crippen molar-refractivity contribution in [3.8, 4) is 17.3 Å². The summed E-state index contributed by atoms with van der Waals surface area (Å²) in [6.45, 7) is 4.49. The van der Waals surface area contributed by atoms with E-state index in [4.69, 9.17) is 0 Å². The number of rotatable bonds is 9. The molecule has 4 aromatic rings. The zero-order valence-electron chi connectivity index (χ0n) is 23.7. The van der Waals surface area contributed by atoms with Crippen LogP contribution in [0.2, 0.25) is 0 Å². The van der Waals surface area contributed by atoms with E-state index >= 15 is 0 Å². The number of carbonyl (C=O) groups is 2. The van der Waals surface area contributed by atoms with Crippen LogP contribution in [0.1, 0.15) is 55.0 Å². The number of hydrogen-bond donors (Lipinski definition) is 3. The molecule has 43 heavy (non-hydrogen) atoms. The number of carbonyl (C=O) groups excluding carboxylic acids is 2. The van der Waals surface area contributed by atoms with Crippen molar-refractivity contribution in [3.63, 3.8) is 0 Å². The first-order valence-corrected chi connectivity index (χ1v) is 14.3. The van der Waals surface area contributed by atoms with E-state index in [-0.39, 0.29) is 60.4 Å². The Hall–Kier alpha value is -4.68. The fourth-order valence-corrected chi connectivity index (χ4v) is 5.78. The Balaban J connectivity index is 1.18. The zero-order chi connectivity index (χ0) is 30.4. The Morgan fingerprint density at radius 2 is 1.98 bits per heavy atom. The van der Waals surface area contributed by atoms with Gasteiger partial charge in [0.1, 0.15) is 11.5 Å². The van der Waals surface area contributed by atoms with Crippen molar-refractivity contribution in [2.45, 2.75) is 58.7 Å². The van der Waals surface area contributed by atoms with Gasteiger partial charge in [-0.05, 0) is 63.1 Å². The van der Waals surface area contributed by atoms with Crippen LogP contribution in [0, 0.1) is 23.5 Å². The third-order valence-electron chi connectivity index (χ3n) is 8.24. The molecule has 2 amide bonds. The van der Waals surface area contributed by atoms with Gasteiger partial charge in [-0.15, -0.1) is 0 Å². The van der Waals surface area contributed by atoms with Crippen molar-refractivity contribution in [1.29, 1.82) is 0 Å². The number of aromatic amines is 1.